The largest absolute Gasteiger partial charge is 0.454 e. The predicted molar refractivity (Wildman–Crippen MR) is 123 cm³/mol. The molecule has 0 unspecified atom stereocenters. The minimum absolute atomic E-state index is 0.973. The zero-order chi connectivity index (χ0) is 20.2. The van der Waals surface area contributed by atoms with Gasteiger partial charge in [0.05, 0.1) is 5.56 Å². The normalized spacial score (nSPS) is 13.3. The van der Waals surface area contributed by atoms with Crippen molar-refractivity contribution in [2.75, 3.05) is 0 Å². The molecule has 0 saturated heterocycles. The molecule has 0 N–H and O–H groups in total. The summed E-state index contributed by atoms with van der Waals surface area (Å²) in [6.45, 7) is 2.16. The number of aromatic nitrogens is 1. The maximum Gasteiger partial charge on any atom is 0.216 e. The summed E-state index contributed by atoms with van der Waals surface area (Å²) in [7, 11) is 2.09. The molecule has 0 fully saturated rings. The van der Waals surface area contributed by atoms with Gasteiger partial charge in [-0.1, -0.05) is 48.5 Å². The first-order chi connectivity index (χ1) is 14.7. The minimum Gasteiger partial charge on any atom is -0.454 e. The predicted octanol–water partition coefficient (Wildman–Crippen LogP) is 6.54. The van der Waals surface area contributed by atoms with Crippen LogP contribution in [0.2, 0.25) is 0 Å². The molecule has 6 rings (SSSR count). The van der Waals surface area contributed by atoms with Gasteiger partial charge in [-0.3, -0.25) is 0 Å². The van der Waals surface area contributed by atoms with Gasteiger partial charge < -0.3 is 4.42 Å². The van der Waals surface area contributed by atoms with Crippen LogP contribution in [0.25, 0.3) is 44.3 Å². The van der Waals surface area contributed by atoms with Gasteiger partial charge in [0.15, 0.2) is 6.20 Å². The highest BCUT2D eigenvalue weighted by atomic mass is 16.3. The van der Waals surface area contributed by atoms with Crippen molar-refractivity contribution in [3.8, 4) is 22.4 Å². The van der Waals surface area contributed by atoms with Crippen LogP contribution in [0.15, 0.2) is 77.3 Å². The van der Waals surface area contributed by atoms with E-state index in [1.54, 1.807) is 0 Å². The summed E-state index contributed by atoms with van der Waals surface area (Å²) in [5, 5.41) is 2.36. The lowest BCUT2D eigenvalue weighted by molar-refractivity contribution is -0.660. The van der Waals surface area contributed by atoms with Gasteiger partial charge in [-0.05, 0) is 54.5 Å². The molecular formula is C28H24NO+. The molecule has 2 heteroatoms. The van der Waals surface area contributed by atoms with E-state index in [9.17, 15) is 0 Å². The van der Waals surface area contributed by atoms with Crippen molar-refractivity contribution >= 4 is 21.9 Å². The van der Waals surface area contributed by atoms with Crippen molar-refractivity contribution < 1.29 is 8.98 Å². The average Bonchev–Trinajstić information content (AvgIpc) is 3.38. The van der Waals surface area contributed by atoms with E-state index in [4.69, 9.17) is 4.42 Å². The van der Waals surface area contributed by atoms with Crippen LogP contribution in [0.4, 0.5) is 0 Å². The van der Waals surface area contributed by atoms with Gasteiger partial charge in [-0.15, -0.1) is 0 Å². The highest BCUT2D eigenvalue weighted by Gasteiger charge is 2.21. The second-order valence-electron chi connectivity index (χ2n) is 8.45. The lowest BCUT2D eigenvalue weighted by Crippen LogP contribution is -2.30. The number of para-hydroxylation sites is 1. The molecule has 5 aromatic rings. The number of benzene rings is 3. The monoisotopic (exact) mass is 390 g/mol. The van der Waals surface area contributed by atoms with Crippen molar-refractivity contribution in [1.82, 2.24) is 0 Å². The van der Waals surface area contributed by atoms with Crippen LogP contribution in [0.3, 0.4) is 0 Å². The Morgan fingerprint density at radius 3 is 2.57 bits per heavy atom. The van der Waals surface area contributed by atoms with E-state index >= 15 is 0 Å². The topological polar surface area (TPSA) is 17.0 Å². The number of hydrogen-bond donors (Lipinski definition) is 0. The Balaban J connectivity index is 1.65. The average molecular weight is 391 g/mol. The Labute approximate surface area is 176 Å². The zero-order valence-electron chi connectivity index (χ0n) is 17.4. The maximum atomic E-state index is 6.67. The molecule has 0 bridgehead atoms. The number of rotatable bonds is 2. The Morgan fingerprint density at radius 2 is 1.67 bits per heavy atom. The standard InChI is InChI=1S/C28H24NO/c1-18-12-15-24-23-10-6-9-22(21-14-13-19-7-5-8-20(19)17-21)27(23)30-28(24)26(18)25-11-3-4-16-29(25)2/h3-4,6,9-17H,5,7-8H2,1-2H3/q+1. The number of aryl methyl sites for hydroxylation is 4. The highest BCUT2D eigenvalue weighted by molar-refractivity contribution is 6.13. The number of pyridine rings is 1. The van der Waals surface area contributed by atoms with Crippen LogP contribution in [-0.4, -0.2) is 0 Å². The fourth-order valence-electron chi connectivity index (χ4n) is 5.03. The van der Waals surface area contributed by atoms with Crippen molar-refractivity contribution in [1.29, 1.82) is 0 Å². The zero-order valence-corrected chi connectivity index (χ0v) is 17.4. The third kappa shape index (κ3) is 2.53. The van der Waals surface area contributed by atoms with E-state index in [0.717, 1.165) is 11.2 Å². The molecule has 30 heavy (non-hydrogen) atoms. The van der Waals surface area contributed by atoms with Gasteiger partial charge in [0.2, 0.25) is 5.69 Å². The van der Waals surface area contributed by atoms with Crippen LogP contribution in [0.1, 0.15) is 23.1 Å². The van der Waals surface area contributed by atoms with E-state index in [1.807, 2.05) is 0 Å². The lowest BCUT2D eigenvalue weighted by Gasteiger charge is -2.06. The van der Waals surface area contributed by atoms with Gasteiger partial charge >= 0.3 is 0 Å². The summed E-state index contributed by atoms with van der Waals surface area (Å²) in [4.78, 5) is 0. The molecule has 1 aliphatic carbocycles. The summed E-state index contributed by atoms with van der Waals surface area (Å²) in [5.41, 5.74) is 10.9. The number of furan rings is 1. The molecule has 0 aliphatic heterocycles. The molecule has 2 aromatic heterocycles. The second-order valence-corrected chi connectivity index (χ2v) is 8.45. The van der Waals surface area contributed by atoms with Crippen LogP contribution in [0, 0.1) is 6.92 Å². The van der Waals surface area contributed by atoms with Crippen molar-refractivity contribution in [2.45, 2.75) is 26.2 Å². The fraction of sp³-hybridized carbons (Fsp3) is 0.179. The van der Waals surface area contributed by atoms with Gasteiger partial charge in [0.25, 0.3) is 0 Å². The van der Waals surface area contributed by atoms with E-state index in [-0.39, 0.29) is 0 Å². The summed E-state index contributed by atoms with van der Waals surface area (Å²) >= 11 is 0. The molecule has 0 spiro atoms. The van der Waals surface area contributed by atoms with Crippen LogP contribution in [-0.2, 0) is 19.9 Å². The molecule has 1 aliphatic rings. The Kier molecular flexibility index (Phi) is 3.82. The first-order valence-corrected chi connectivity index (χ1v) is 10.7. The lowest BCUT2D eigenvalue weighted by atomic mass is 9.97. The Morgan fingerprint density at radius 1 is 0.800 bits per heavy atom. The Bertz CT molecular complexity index is 1440. The van der Waals surface area contributed by atoms with Crippen molar-refractivity contribution in [3.05, 3.63) is 89.6 Å². The molecule has 0 amide bonds. The fourth-order valence-corrected chi connectivity index (χ4v) is 5.03. The second kappa shape index (κ2) is 6.56. The van der Waals surface area contributed by atoms with E-state index < -0.39 is 0 Å². The number of fused-ring (bicyclic) bond motifs is 4. The van der Waals surface area contributed by atoms with Crippen molar-refractivity contribution in [2.24, 2.45) is 7.05 Å². The van der Waals surface area contributed by atoms with Crippen molar-refractivity contribution in [3.63, 3.8) is 0 Å². The molecular weight excluding hydrogens is 366 g/mol. The van der Waals surface area contributed by atoms with Crippen LogP contribution in [0.5, 0.6) is 0 Å². The van der Waals surface area contributed by atoms with Gasteiger partial charge in [0.1, 0.15) is 18.2 Å². The maximum absolute atomic E-state index is 6.67. The molecule has 0 radical (unpaired) electrons. The summed E-state index contributed by atoms with van der Waals surface area (Å²) in [5.74, 6) is 0. The summed E-state index contributed by atoms with van der Waals surface area (Å²) < 4.78 is 8.83. The number of hydrogen-bond acceptors (Lipinski definition) is 1. The van der Waals surface area contributed by atoms with E-state index in [1.165, 1.54) is 69.1 Å². The molecule has 3 aromatic carbocycles. The molecule has 0 atom stereocenters. The molecule has 2 nitrogen and oxygen atoms in total. The SMILES string of the molecule is Cc1ccc2c(oc3c(-c4ccc5c(c4)CCC5)cccc32)c1-c1cccc[n+]1C. The molecule has 0 saturated carbocycles. The summed E-state index contributed by atoms with van der Waals surface area (Å²) in [6, 6.07) is 24.2. The quantitative estimate of drug-likeness (QED) is 0.313. The van der Waals surface area contributed by atoms with Crippen LogP contribution < -0.4 is 4.57 Å². The third-order valence-electron chi connectivity index (χ3n) is 6.60. The first-order valence-electron chi connectivity index (χ1n) is 10.7. The van der Waals surface area contributed by atoms with E-state index in [2.05, 4.69) is 91.5 Å². The van der Waals surface area contributed by atoms with E-state index in [0.29, 0.717) is 0 Å². The van der Waals surface area contributed by atoms with Crippen LogP contribution >= 0.6 is 0 Å². The van der Waals surface area contributed by atoms with Gasteiger partial charge in [-0.2, -0.15) is 0 Å². The Hall–Kier alpha value is -3.39. The highest BCUT2D eigenvalue weighted by Crippen LogP contribution is 2.41. The number of nitrogens with zero attached hydrogens (tertiary/aromatic N) is 1. The summed E-state index contributed by atoms with van der Waals surface area (Å²) in [6.07, 6.45) is 5.75. The molecule has 146 valence electrons. The van der Waals surface area contributed by atoms with Gasteiger partial charge in [-0.25, -0.2) is 4.57 Å². The minimum atomic E-state index is 0.973. The molecule has 2 heterocycles. The third-order valence-corrected chi connectivity index (χ3v) is 6.60. The van der Waals surface area contributed by atoms with Gasteiger partial charge in [0, 0.05) is 28.5 Å². The first kappa shape index (κ1) is 17.5. The smallest absolute Gasteiger partial charge is 0.216 e.